The van der Waals surface area contributed by atoms with Gasteiger partial charge in [-0.2, -0.15) is 13.2 Å². The van der Waals surface area contributed by atoms with Crippen LogP contribution in [0.1, 0.15) is 34.6 Å². The van der Waals surface area contributed by atoms with Gasteiger partial charge in [0.05, 0.1) is 0 Å². The molecule has 1 fully saturated rings. The van der Waals surface area contributed by atoms with Crippen LogP contribution in [0.3, 0.4) is 0 Å². The molecule has 0 aliphatic carbocycles. The Labute approximate surface area is 110 Å². The molecule has 1 saturated heterocycles. The van der Waals surface area contributed by atoms with Crippen molar-refractivity contribution in [3.8, 4) is 0 Å². The zero-order valence-corrected chi connectivity index (χ0v) is 11.7. The number of nitrogens with zero attached hydrogens (tertiary/aromatic N) is 1. The van der Waals surface area contributed by atoms with Gasteiger partial charge < -0.3 is 10.2 Å². The standard InChI is InChI=1S/C12H19F3N2O2/c1-10(2,3)7-8(18)17(6-12(13,14)15)11(4,5)9(19)16-7/h7H,6H2,1-5H3,(H,16,19). The molecule has 19 heavy (non-hydrogen) atoms. The van der Waals surface area contributed by atoms with E-state index >= 15 is 0 Å². The molecule has 1 atom stereocenters. The Balaban J connectivity index is 3.15. The molecular formula is C12H19F3N2O2. The molecule has 0 aromatic rings. The second-order valence-electron chi connectivity index (χ2n) is 6.37. The summed E-state index contributed by atoms with van der Waals surface area (Å²) in [5.74, 6) is -1.27. The number of rotatable bonds is 1. The Bertz CT molecular complexity index is 397. The topological polar surface area (TPSA) is 49.4 Å². The van der Waals surface area contributed by atoms with E-state index in [1.54, 1.807) is 20.8 Å². The van der Waals surface area contributed by atoms with E-state index in [1.165, 1.54) is 13.8 Å². The molecule has 0 saturated carbocycles. The lowest BCUT2D eigenvalue weighted by Gasteiger charge is -2.47. The predicted molar refractivity (Wildman–Crippen MR) is 63.2 cm³/mol. The third kappa shape index (κ3) is 3.19. The van der Waals surface area contributed by atoms with Crippen LogP contribution in [0.4, 0.5) is 13.2 Å². The van der Waals surface area contributed by atoms with Gasteiger partial charge in [0.25, 0.3) is 0 Å². The number of carbonyl (C=O) groups excluding carboxylic acids is 2. The van der Waals surface area contributed by atoms with Gasteiger partial charge in [0.15, 0.2) is 0 Å². The van der Waals surface area contributed by atoms with E-state index < -0.39 is 41.5 Å². The average Bonchev–Trinajstić information content (AvgIpc) is 2.16. The fourth-order valence-electron chi connectivity index (χ4n) is 1.97. The molecule has 2 amide bonds. The number of hydrogen-bond acceptors (Lipinski definition) is 2. The first-order valence-corrected chi connectivity index (χ1v) is 5.96. The van der Waals surface area contributed by atoms with E-state index in [4.69, 9.17) is 0 Å². The smallest absolute Gasteiger partial charge is 0.342 e. The van der Waals surface area contributed by atoms with Gasteiger partial charge in [-0.1, -0.05) is 20.8 Å². The summed E-state index contributed by atoms with van der Waals surface area (Å²) in [6.07, 6.45) is -4.53. The van der Waals surface area contributed by atoms with Crippen molar-refractivity contribution >= 4 is 11.8 Å². The Morgan fingerprint density at radius 3 is 2.05 bits per heavy atom. The van der Waals surface area contributed by atoms with Crippen LogP contribution in [0.2, 0.25) is 0 Å². The second kappa shape index (κ2) is 4.38. The van der Waals surface area contributed by atoms with Crippen molar-refractivity contribution in [2.24, 2.45) is 5.41 Å². The first kappa shape index (κ1) is 15.8. The average molecular weight is 280 g/mol. The Morgan fingerprint density at radius 1 is 1.21 bits per heavy atom. The van der Waals surface area contributed by atoms with Gasteiger partial charge in [0.1, 0.15) is 18.1 Å². The van der Waals surface area contributed by atoms with E-state index in [0.29, 0.717) is 4.90 Å². The first-order chi connectivity index (χ1) is 8.27. The number of piperazine rings is 1. The molecule has 0 aromatic carbocycles. The van der Waals surface area contributed by atoms with Crippen LogP contribution >= 0.6 is 0 Å². The van der Waals surface area contributed by atoms with Crippen LogP contribution in [-0.2, 0) is 9.59 Å². The maximum absolute atomic E-state index is 12.6. The number of carbonyl (C=O) groups is 2. The van der Waals surface area contributed by atoms with E-state index in [-0.39, 0.29) is 0 Å². The normalized spacial score (nSPS) is 24.4. The maximum atomic E-state index is 12.6. The minimum Gasteiger partial charge on any atom is -0.342 e. The third-order valence-corrected chi connectivity index (χ3v) is 3.22. The van der Waals surface area contributed by atoms with Crippen molar-refractivity contribution < 1.29 is 22.8 Å². The van der Waals surface area contributed by atoms with Gasteiger partial charge >= 0.3 is 6.18 Å². The quantitative estimate of drug-likeness (QED) is 0.795. The van der Waals surface area contributed by atoms with E-state index in [9.17, 15) is 22.8 Å². The molecule has 7 heteroatoms. The summed E-state index contributed by atoms with van der Waals surface area (Å²) in [7, 11) is 0. The third-order valence-electron chi connectivity index (χ3n) is 3.22. The molecule has 1 N–H and O–H groups in total. The zero-order chi connectivity index (χ0) is 15.2. The lowest BCUT2D eigenvalue weighted by molar-refractivity contribution is -0.183. The summed E-state index contributed by atoms with van der Waals surface area (Å²) in [6, 6.07) is -0.949. The highest BCUT2D eigenvalue weighted by molar-refractivity contribution is 5.99. The highest BCUT2D eigenvalue weighted by Gasteiger charge is 2.52. The maximum Gasteiger partial charge on any atom is 0.406 e. The van der Waals surface area contributed by atoms with Crippen LogP contribution in [0.25, 0.3) is 0 Å². The molecule has 1 heterocycles. The fourth-order valence-corrected chi connectivity index (χ4v) is 1.97. The lowest BCUT2D eigenvalue weighted by atomic mass is 9.82. The molecular weight excluding hydrogens is 261 g/mol. The summed E-state index contributed by atoms with van der Waals surface area (Å²) in [5.41, 5.74) is -2.15. The fraction of sp³-hybridized carbons (Fsp3) is 0.833. The van der Waals surface area contributed by atoms with Crippen molar-refractivity contribution in [2.75, 3.05) is 6.54 Å². The summed E-state index contributed by atoms with van der Waals surface area (Å²) >= 11 is 0. The molecule has 4 nitrogen and oxygen atoms in total. The number of nitrogens with one attached hydrogen (secondary N) is 1. The zero-order valence-electron chi connectivity index (χ0n) is 11.7. The van der Waals surface area contributed by atoms with Crippen molar-refractivity contribution in [1.82, 2.24) is 10.2 Å². The minimum absolute atomic E-state index is 0.573. The van der Waals surface area contributed by atoms with E-state index in [0.717, 1.165) is 0 Å². The number of amides is 2. The van der Waals surface area contributed by atoms with Gasteiger partial charge in [-0.15, -0.1) is 0 Å². The number of halogens is 3. The summed E-state index contributed by atoms with van der Waals surface area (Å²) in [6.45, 7) is 6.29. The van der Waals surface area contributed by atoms with Gasteiger partial charge in [-0.05, 0) is 19.3 Å². The van der Waals surface area contributed by atoms with E-state index in [2.05, 4.69) is 5.32 Å². The first-order valence-electron chi connectivity index (χ1n) is 5.96. The van der Waals surface area contributed by atoms with Crippen molar-refractivity contribution in [1.29, 1.82) is 0 Å². The Kier molecular flexibility index (Phi) is 3.64. The molecule has 0 spiro atoms. The van der Waals surface area contributed by atoms with E-state index in [1.807, 2.05) is 0 Å². The largest absolute Gasteiger partial charge is 0.406 e. The van der Waals surface area contributed by atoms with Gasteiger partial charge in [-0.25, -0.2) is 0 Å². The van der Waals surface area contributed by atoms with Crippen LogP contribution in [-0.4, -0.2) is 41.0 Å². The van der Waals surface area contributed by atoms with Crippen molar-refractivity contribution in [3.63, 3.8) is 0 Å². The summed E-state index contributed by atoms with van der Waals surface area (Å²) < 4.78 is 37.7. The van der Waals surface area contributed by atoms with Gasteiger partial charge in [0.2, 0.25) is 11.8 Å². The molecule has 0 radical (unpaired) electrons. The minimum atomic E-state index is -4.53. The Hall–Kier alpha value is -1.27. The highest BCUT2D eigenvalue weighted by Crippen LogP contribution is 2.31. The van der Waals surface area contributed by atoms with Gasteiger partial charge in [-0.3, -0.25) is 9.59 Å². The molecule has 1 aliphatic heterocycles. The van der Waals surface area contributed by atoms with Crippen molar-refractivity contribution in [2.45, 2.75) is 52.4 Å². The molecule has 1 unspecified atom stereocenters. The number of hydrogen-bond donors (Lipinski definition) is 1. The number of alkyl halides is 3. The Morgan fingerprint density at radius 2 is 1.68 bits per heavy atom. The molecule has 110 valence electrons. The lowest BCUT2D eigenvalue weighted by Crippen LogP contribution is -2.71. The summed E-state index contributed by atoms with van der Waals surface area (Å²) in [4.78, 5) is 24.8. The molecule has 1 rings (SSSR count). The summed E-state index contributed by atoms with van der Waals surface area (Å²) in [5, 5.41) is 2.51. The monoisotopic (exact) mass is 280 g/mol. The molecule has 0 bridgehead atoms. The second-order valence-corrected chi connectivity index (χ2v) is 6.37. The predicted octanol–water partition coefficient (Wildman–Crippen LogP) is 1.70. The van der Waals surface area contributed by atoms with Crippen LogP contribution in [0, 0.1) is 5.41 Å². The molecule has 0 aromatic heterocycles. The SMILES string of the molecule is CC(C)(C)C1NC(=O)C(C)(C)N(CC(F)(F)F)C1=O. The van der Waals surface area contributed by atoms with Crippen molar-refractivity contribution in [3.05, 3.63) is 0 Å². The van der Waals surface area contributed by atoms with Crippen LogP contribution < -0.4 is 5.32 Å². The van der Waals surface area contributed by atoms with Gasteiger partial charge in [0, 0.05) is 0 Å². The van der Waals surface area contributed by atoms with Crippen LogP contribution in [0.15, 0.2) is 0 Å². The van der Waals surface area contributed by atoms with Crippen LogP contribution in [0.5, 0.6) is 0 Å². The molecule has 1 aliphatic rings. The highest BCUT2D eigenvalue weighted by atomic mass is 19.4.